The molecule has 116 valence electrons. The monoisotopic (exact) mass is 327 g/mol. The molecule has 0 aliphatic rings. The lowest BCUT2D eigenvalue weighted by Crippen LogP contribution is -2.27. The molecule has 0 radical (unpaired) electrons. The maximum absolute atomic E-state index is 6.10. The van der Waals surface area contributed by atoms with Crippen molar-refractivity contribution in [2.45, 2.75) is 45.2 Å². The van der Waals surface area contributed by atoms with Crippen LogP contribution < -0.4 is 0 Å². The fourth-order valence-electron chi connectivity index (χ4n) is 2.39. The Kier molecular flexibility index (Phi) is 5.91. The lowest BCUT2D eigenvalue weighted by Gasteiger charge is -2.20. The van der Waals surface area contributed by atoms with Gasteiger partial charge in [0.05, 0.1) is 16.9 Å². The van der Waals surface area contributed by atoms with Crippen molar-refractivity contribution in [3.63, 3.8) is 0 Å². The molecule has 0 spiro atoms. The summed E-state index contributed by atoms with van der Waals surface area (Å²) >= 11 is 12.1. The number of fused-ring (bicyclic) bond motifs is 1. The van der Waals surface area contributed by atoms with Crippen molar-refractivity contribution in [3.8, 4) is 0 Å². The summed E-state index contributed by atoms with van der Waals surface area (Å²) in [6.45, 7) is 6.49. The zero-order valence-corrected chi connectivity index (χ0v) is 14.5. The lowest BCUT2D eigenvalue weighted by atomic mass is 10.2. The summed E-state index contributed by atoms with van der Waals surface area (Å²) in [6, 6.07) is 6.39. The number of hydrogen-bond acceptors (Lipinski definition) is 2. The van der Waals surface area contributed by atoms with Gasteiger partial charge in [-0.3, -0.25) is 0 Å². The Bertz CT molecular complexity index is 592. The number of nitrogens with zero attached hydrogens (tertiary/aromatic N) is 3. The molecule has 0 N–H and O–H groups in total. The Morgan fingerprint density at radius 1 is 1.29 bits per heavy atom. The van der Waals surface area contributed by atoms with E-state index in [9.17, 15) is 0 Å². The number of rotatable bonds is 7. The van der Waals surface area contributed by atoms with E-state index >= 15 is 0 Å². The van der Waals surface area contributed by atoms with Crippen LogP contribution in [0.1, 0.15) is 32.5 Å². The Morgan fingerprint density at radius 2 is 2.05 bits per heavy atom. The molecule has 0 saturated carbocycles. The minimum Gasteiger partial charge on any atom is -0.327 e. The smallest absolute Gasteiger partial charge is 0.124 e. The van der Waals surface area contributed by atoms with Crippen LogP contribution in [0.15, 0.2) is 18.2 Å². The van der Waals surface area contributed by atoms with Crippen molar-refractivity contribution in [1.29, 1.82) is 0 Å². The van der Waals surface area contributed by atoms with E-state index in [0.29, 0.717) is 11.9 Å². The number of aromatic nitrogens is 2. The summed E-state index contributed by atoms with van der Waals surface area (Å²) in [4.78, 5) is 6.94. The highest BCUT2D eigenvalue weighted by molar-refractivity contribution is 6.31. The SMILES string of the molecule is CC(C)N(C)CCCCn1c(CCl)nc2ccc(Cl)cc21. The van der Waals surface area contributed by atoms with Crippen LogP contribution in [0.5, 0.6) is 0 Å². The van der Waals surface area contributed by atoms with Gasteiger partial charge >= 0.3 is 0 Å². The lowest BCUT2D eigenvalue weighted by molar-refractivity contribution is 0.266. The van der Waals surface area contributed by atoms with E-state index < -0.39 is 0 Å². The standard InChI is InChI=1S/C16H23Cl2N3/c1-12(2)20(3)8-4-5-9-21-15-10-13(18)6-7-14(15)19-16(21)11-17/h6-7,10,12H,4-5,8-9,11H2,1-3H3. The second kappa shape index (κ2) is 7.48. The molecule has 1 heterocycles. The van der Waals surface area contributed by atoms with Crippen LogP contribution in [-0.2, 0) is 12.4 Å². The average Bonchev–Trinajstić information content (AvgIpc) is 2.80. The summed E-state index contributed by atoms with van der Waals surface area (Å²) in [5.41, 5.74) is 2.05. The van der Waals surface area contributed by atoms with Crippen LogP contribution in [-0.4, -0.2) is 34.1 Å². The van der Waals surface area contributed by atoms with Gasteiger partial charge in [0.1, 0.15) is 5.82 Å². The fraction of sp³-hybridized carbons (Fsp3) is 0.562. The van der Waals surface area contributed by atoms with Gasteiger partial charge in [-0.05, 0) is 58.5 Å². The zero-order valence-electron chi connectivity index (χ0n) is 12.9. The predicted octanol–water partition coefficient (Wildman–Crippen LogP) is 4.55. The molecule has 3 nitrogen and oxygen atoms in total. The molecule has 0 atom stereocenters. The quantitative estimate of drug-likeness (QED) is 0.549. The Balaban J connectivity index is 2.05. The summed E-state index contributed by atoms with van der Waals surface area (Å²) in [5.74, 6) is 1.35. The fourth-order valence-corrected chi connectivity index (χ4v) is 2.76. The molecule has 1 aromatic heterocycles. The third-order valence-electron chi connectivity index (χ3n) is 3.93. The molecular formula is C16H23Cl2N3. The van der Waals surface area contributed by atoms with Gasteiger partial charge in [0, 0.05) is 17.6 Å². The molecular weight excluding hydrogens is 305 g/mol. The van der Waals surface area contributed by atoms with E-state index in [1.54, 1.807) is 0 Å². The molecule has 0 aliphatic heterocycles. The normalized spacial score (nSPS) is 12.0. The highest BCUT2D eigenvalue weighted by Crippen LogP contribution is 2.22. The minimum atomic E-state index is 0.429. The molecule has 0 saturated heterocycles. The van der Waals surface area contributed by atoms with E-state index in [4.69, 9.17) is 23.2 Å². The van der Waals surface area contributed by atoms with E-state index in [1.165, 1.54) is 0 Å². The Labute approximate surface area is 136 Å². The van der Waals surface area contributed by atoms with Crippen LogP contribution in [0.4, 0.5) is 0 Å². The maximum atomic E-state index is 6.10. The highest BCUT2D eigenvalue weighted by atomic mass is 35.5. The second-order valence-electron chi connectivity index (χ2n) is 5.73. The molecule has 2 rings (SSSR count). The number of imidazole rings is 1. The molecule has 0 unspecified atom stereocenters. The van der Waals surface area contributed by atoms with Gasteiger partial charge in [0.15, 0.2) is 0 Å². The van der Waals surface area contributed by atoms with E-state index in [0.717, 1.165) is 47.8 Å². The van der Waals surface area contributed by atoms with Crippen LogP contribution >= 0.6 is 23.2 Å². The highest BCUT2D eigenvalue weighted by Gasteiger charge is 2.10. The Morgan fingerprint density at radius 3 is 2.71 bits per heavy atom. The van der Waals surface area contributed by atoms with Crippen LogP contribution in [0.3, 0.4) is 0 Å². The third kappa shape index (κ3) is 4.12. The van der Waals surface area contributed by atoms with Gasteiger partial charge in [-0.2, -0.15) is 0 Å². The van der Waals surface area contributed by atoms with Gasteiger partial charge < -0.3 is 9.47 Å². The first-order chi connectivity index (χ1) is 10.0. The van der Waals surface area contributed by atoms with E-state index in [-0.39, 0.29) is 0 Å². The molecule has 5 heteroatoms. The number of aryl methyl sites for hydroxylation is 1. The van der Waals surface area contributed by atoms with Crippen LogP contribution in [0.25, 0.3) is 11.0 Å². The van der Waals surface area contributed by atoms with Crippen molar-refractivity contribution < 1.29 is 0 Å². The van der Waals surface area contributed by atoms with Crippen molar-refractivity contribution in [2.24, 2.45) is 0 Å². The first-order valence-electron chi connectivity index (χ1n) is 7.43. The average molecular weight is 328 g/mol. The molecule has 21 heavy (non-hydrogen) atoms. The summed E-state index contributed by atoms with van der Waals surface area (Å²) in [6.07, 6.45) is 2.27. The van der Waals surface area contributed by atoms with Gasteiger partial charge in [-0.25, -0.2) is 4.98 Å². The number of halogens is 2. The van der Waals surface area contributed by atoms with E-state index in [1.807, 2.05) is 18.2 Å². The number of hydrogen-bond donors (Lipinski definition) is 0. The predicted molar refractivity (Wildman–Crippen MR) is 91.3 cm³/mol. The molecule has 1 aromatic carbocycles. The number of benzene rings is 1. The van der Waals surface area contributed by atoms with E-state index in [2.05, 4.69) is 35.3 Å². The van der Waals surface area contributed by atoms with Gasteiger partial charge in [-0.1, -0.05) is 11.6 Å². The first-order valence-corrected chi connectivity index (χ1v) is 8.35. The molecule has 0 bridgehead atoms. The number of unbranched alkanes of at least 4 members (excludes halogenated alkanes) is 1. The first kappa shape index (κ1) is 16.6. The van der Waals surface area contributed by atoms with Crippen molar-refractivity contribution in [2.75, 3.05) is 13.6 Å². The summed E-state index contributed by atoms with van der Waals surface area (Å²) in [5, 5.41) is 0.740. The summed E-state index contributed by atoms with van der Waals surface area (Å²) in [7, 11) is 2.17. The minimum absolute atomic E-state index is 0.429. The van der Waals surface area contributed by atoms with Crippen LogP contribution in [0.2, 0.25) is 5.02 Å². The molecule has 0 fully saturated rings. The van der Waals surface area contributed by atoms with Crippen molar-refractivity contribution in [1.82, 2.24) is 14.5 Å². The van der Waals surface area contributed by atoms with Crippen molar-refractivity contribution >= 4 is 34.2 Å². The van der Waals surface area contributed by atoms with Gasteiger partial charge in [-0.15, -0.1) is 11.6 Å². The molecule has 2 aromatic rings. The topological polar surface area (TPSA) is 21.1 Å². The van der Waals surface area contributed by atoms with Gasteiger partial charge in [0.25, 0.3) is 0 Å². The molecule has 0 aliphatic carbocycles. The Hall–Kier alpha value is -0.770. The van der Waals surface area contributed by atoms with Crippen molar-refractivity contribution in [3.05, 3.63) is 29.0 Å². The third-order valence-corrected chi connectivity index (χ3v) is 4.41. The van der Waals surface area contributed by atoms with Gasteiger partial charge in [0.2, 0.25) is 0 Å². The second-order valence-corrected chi connectivity index (χ2v) is 6.43. The zero-order chi connectivity index (χ0) is 15.4. The maximum Gasteiger partial charge on any atom is 0.124 e. The summed E-state index contributed by atoms with van der Waals surface area (Å²) < 4.78 is 2.20. The largest absolute Gasteiger partial charge is 0.327 e. The van der Waals surface area contributed by atoms with Crippen LogP contribution in [0, 0.1) is 0 Å². The molecule has 0 amide bonds. The number of alkyl halides is 1.